The Bertz CT molecular complexity index is 1080. The van der Waals surface area contributed by atoms with E-state index in [1.54, 1.807) is 0 Å². The average Bonchev–Trinajstić information content (AvgIpc) is 2.71. The zero-order valence-electron chi connectivity index (χ0n) is 20.7. The van der Waals surface area contributed by atoms with Crippen molar-refractivity contribution in [1.82, 2.24) is 4.98 Å². The van der Waals surface area contributed by atoms with Crippen molar-refractivity contribution >= 4 is 50.3 Å². The molecular formula is C27H35N3Si2. The summed E-state index contributed by atoms with van der Waals surface area (Å²) in [7, 11) is -2.63. The summed E-state index contributed by atoms with van der Waals surface area (Å²) in [6, 6.07) is 19.2. The molecule has 1 heterocycles. The van der Waals surface area contributed by atoms with E-state index >= 15 is 0 Å². The molecule has 0 saturated heterocycles. The fraction of sp³-hybridized carbons (Fsp3) is 0.296. The quantitative estimate of drug-likeness (QED) is 0.316. The maximum absolute atomic E-state index is 4.69. The number of pyridine rings is 1. The Morgan fingerprint density at radius 2 is 1.03 bits per heavy atom. The molecule has 1 aromatic heterocycles. The number of hydrogen-bond acceptors (Lipinski definition) is 3. The van der Waals surface area contributed by atoms with E-state index in [-0.39, 0.29) is 0 Å². The maximum atomic E-state index is 4.69. The minimum atomic E-state index is -1.31. The minimum Gasteiger partial charge on any atom is -0.254 e. The summed E-state index contributed by atoms with van der Waals surface area (Å²) < 4.78 is 0. The summed E-state index contributed by atoms with van der Waals surface area (Å²) in [4.78, 5) is 14.1. The largest absolute Gasteiger partial charge is 0.254 e. The molecule has 0 amide bonds. The molecular weight excluding hydrogens is 422 g/mol. The normalized spacial score (nSPS) is 12.8. The minimum absolute atomic E-state index is 0.827. The van der Waals surface area contributed by atoms with E-state index in [4.69, 9.17) is 15.0 Å². The van der Waals surface area contributed by atoms with E-state index < -0.39 is 16.1 Å². The molecule has 166 valence electrons. The Morgan fingerprint density at radius 3 is 1.38 bits per heavy atom. The first-order chi connectivity index (χ1) is 14.9. The molecule has 0 spiro atoms. The third-order valence-corrected chi connectivity index (χ3v) is 9.68. The summed E-state index contributed by atoms with van der Waals surface area (Å²) in [5, 5.41) is 2.91. The summed E-state index contributed by atoms with van der Waals surface area (Å²) in [6.07, 6.45) is 3.67. The van der Waals surface area contributed by atoms with Crippen LogP contribution in [0.25, 0.3) is 0 Å². The predicted octanol–water partition coefficient (Wildman–Crippen LogP) is 6.29. The first-order valence-electron chi connectivity index (χ1n) is 11.2. The highest BCUT2D eigenvalue weighted by atomic mass is 28.3. The number of hydrogen-bond donors (Lipinski definition) is 0. The van der Waals surface area contributed by atoms with Crippen LogP contribution in [-0.4, -0.2) is 33.6 Å². The number of aryl methyl sites for hydroxylation is 2. The van der Waals surface area contributed by atoms with Crippen molar-refractivity contribution in [3.8, 4) is 0 Å². The van der Waals surface area contributed by atoms with Gasteiger partial charge in [0.15, 0.2) is 0 Å². The van der Waals surface area contributed by atoms with Gasteiger partial charge in [-0.3, -0.25) is 9.98 Å². The SMILES string of the molecule is Cc1cc([Si](C)(C)C)ccc1N=Cc1cccc(C=Nc2ccc([Si](C)(C)C)cc2C)n1. The first-order valence-corrected chi connectivity index (χ1v) is 18.2. The van der Waals surface area contributed by atoms with E-state index in [1.165, 1.54) is 21.5 Å². The smallest absolute Gasteiger partial charge is 0.0820 e. The van der Waals surface area contributed by atoms with Crippen LogP contribution in [0, 0.1) is 13.8 Å². The molecule has 0 saturated carbocycles. The van der Waals surface area contributed by atoms with Crippen molar-refractivity contribution in [2.75, 3.05) is 0 Å². The van der Waals surface area contributed by atoms with Gasteiger partial charge in [0.05, 0.1) is 51.3 Å². The molecule has 3 rings (SSSR count). The zero-order chi connectivity index (χ0) is 23.5. The van der Waals surface area contributed by atoms with E-state index in [0.717, 1.165) is 22.8 Å². The Kier molecular flexibility index (Phi) is 7.10. The van der Waals surface area contributed by atoms with Crippen molar-refractivity contribution in [1.29, 1.82) is 0 Å². The van der Waals surface area contributed by atoms with E-state index in [2.05, 4.69) is 89.5 Å². The number of aromatic nitrogens is 1. The van der Waals surface area contributed by atoms with Crippen LogP contribution in [0.4, 0.5) is 11.4 Å². The van der Waals surface area contributed by atoms with Crippen LogP contribution >= 0.6 is 0 Å². The maximum Gasteiger partial charge on any atom is 0.0820 e. The lowest BCUT2D eigenvalue weighted by Crippen LogP contribution is -2.37. The lowest BCUT2D eigenvalue weighted by Gasteiger charge is -2.17. The Hall–Kier alpha value is -2.64. The van der Waals surface area contributed by atoms with Gasteiger partial charge in [0.1, 0.15) is 0 Å². The van der Waals surface area contributed by atoms with E-state index in [1.807, 2.05) is 30.6 Å². The molecule has 0 aliphatic rings. The molecule has 0 N–H and O–H groups in total. The molecule has 0 aliphatic carbocycles. The summed E-state index contributed by atoms with van der Waals surface area (Å²) in [5.74, 6) is 0. The number of benzene rings is 2. The van der Waals surface area contributed by atoms with Gasteiger partial charge in [0.25, 0.3) is 0 Å². The third kappa shape index (κ3) is 6.20. The van der Waals surface area contributed by atoms with Crippen molar-refractivity contribution in [3.05, 3.63) is 77.1 Å². The third-order valence-electron chi connectivity index (χ3n) is 5.59. The molecule has 0 aliphatic heterocycles. The van der Waals surface area contributed by atoms with Gasteiger partial charge in [0.2, 0.25) is 0 Å². The monoisotopic (exact) mass is 457 g/mol. The number of aliphatic imine (C=N–C) groups is 2. The molecule has 3 aromatic rings. The second-order valence-electron chi connectivity index (χ2n) is 10.5. The molecule has 0 radical (unpaired) electrons. The fourth-order valence-electron chi connectivity index (χ4n) is 3.42. The second kappa shape index (κ2) is 9.47. The van der Waals surface area contributed by atoms with E-state index in [0.29, 0.717) is 0 Å². The van der Waals surface area contributed by atoms with Crippen molar-refractivity contribution in [2.24, 2.45) is 9.98 Å². The highest BCUT2D eigenvalue weighted by molar-refractivity contribution is 6.89. The lowest BCUT2D eigenvalue weighted by molar-refractivity contribution is 1.27. The molecule has 0 fully saturated rings. The molecule has 0 unspecified atom stereocenters. The summed E-state index contributed by atoms with van der Waals surface area (Å²) >= 11 is 0. The number of nitrogens with zero attached hydrogens (tertiary/aromatic N) is 3. The first kappa shape index (κ1) is 24.0. The fourth-order valence-corrected chi connectivity index (χ4v) is 5.88. The van der Waals surface area contributed by atoms with Gasteiger partial charge >= 0.3 is 0 Å². The van der Waals surface area contributed by atoms with Crippen LogP contribution in [0.15, 0.2) is 64.6 Å². The molecule has 5 heteroatoms. The van der Waals surface area contributed by atoms with Crippen molar-refractivity contribution in [3.63, 3.8) is 0 Å². The van der Waals surface area contributed by atoms with Gasteiger partial charge in [-0.05, 0) is 49.2 Å². The highest BCUT2D eigenvalue weighted by Crippen LogP contribution is 2.19. The van der Waals surface area contributed by atoms with E-state index in [9.17, 15) is 0 Å². The van der Waals surface area contributed by atoms with Crippen LogP contribution in [0.5, 0.6) is 0 Å². The zero-order valence-corrected chi connectivity index (χ0v) is 22.7. The summed E-state index contributed by atoms with van der Waals surface area (Å²) in [5.41, 5.74) is 6.05. The van der Waals surface area contributed by atoms with Gasteiger partial charge in [-0.15, -0.1) is 0 Å². The molecule has 32 heavy (non-hydrogen) atoms. The van der Waals surface area contributed by atoms with Crippen LogP contribution in [-0.2, 0) is 0 Å². The molecule has 3 nitrogen and oxygen atoms in total. The average molecular weight is 458 g/mol. The van der Waals surface area contributed by atoms with Crippen LogP contribution < -0.4 is 10.4 Å². The summed E-state index contributed by atoms with van der Waals surface area (Å²) in [6.45, 7) is 18.4. The van der Waals surface area contributed by atoms with Gasteiger partial charge in [-0.1, -0.05) is 80.0 Å². The molecule has 0 atom stereocenters. The molecule has 2 aromatic carbocycles. The Labute approximate surface area is 195 Å². The van der Waals surface area contributed by atoms with Crippen molar-refractivity contribution < 1.29 is 0 Å². The second-order valence-corrected chi connectivity index (χ2v) is 20.7. The van der Waals surface area contributed by atoms with Gasteiger partial charge in [-0.2, -0.15) is 0 Å². The lowest BCUT2D eigenvalue weighted by atomic mass is 10.2. The van der Waals surface area contributed by atoms with Crippen LogP contribution in [0.2, 0.25) is 39.3 Å². The van der Waals surface area contributed by atoms with Gasteiger partial charge in [-0.25, -0.2) is 4.98 Å². The predicted molar refractivity (Wildman–Crippen MR) is 147 cm³/mol. The Balaban J connectivity index is 1.78. The van der Waals surface area contributed by atoms with Gasteiger partial charge in [0, 0.05) is 0 Å². The Morgan fingerprint density at radius 1 is 0.625 bits per heavy atom. The highest BCUT2D eigenvalue weighted by Gasteiger charge is 2.17. The molecule has 0 bridgehead atoms. The van der Waals surface area contributed by atoms with Crippen LogP contribution in [0.3, 0.4) is 0 Å². The standard InChI is InChI=1S/C27H35N3Si2/c1-20-16-24(31(3,4)5)12-14-26(20)28-18-22-10-9-11-23(30-22)19-29-27-15-13-25(17-21(27)2)32(6,7)8/h9-19H,1-8H3. The van der Waals surface area contributed by atoms with Crippen molar-refractivity contribution in [2.45, 2.75) is 53.1 Å². The van der Waals surface area contributed by atoms with Crippen LogP contribution in [0.1, 0.15) is 22.5 Å². The topological polar surface area (TPSA) is 37.6 Å². The van der Waals surface area contributed by atoms with Gasteiger partial charge < -0.3 is 0 Å². The number of rotatable bonds is 6.